The smallest absolute Gasteiger partial charge is 0.244 e. The minimum Gasteiger partial charge on any atom is -0.495 e. The van der Waals surface area contributed by atoms with Crippen LogP contribution in [-0.2, 0) is 15.4 Å². The lowest BCUT2D eigenvalue weighted by Gasteiger charge is -2.19. The Balaban J connectivity index is 2.01. The van der Waals surface area contributed by atoms with Crippen LogP contribution in [0, 0.1) is 0 Å². The van der Waals surface area contributed by atoms with Gasteiger partial charge in [-0.15, -0.1) is 0 Å². The van der Waals surface area contributed by atoms with Crippen molar-refractivity contribution >= 4 is 21.6 Å². The largest absolute Gasteiger partial charge is 0.495 e. The van der Waals surface area contributed by atoms with Gasteiger partial charge >= 0.3 is 0 Å². The quantitative estimate of drug-likeness (QED) is 0.644. The van der Waals surface area contributed by atoms with Crippen molar-refractivity contribution in [1.29, 1.82) is 0 Å². The molecular weight excluding hydrogens is 402 g/mol. The molecule has 2 aromatic rings. The minimum atomic E-state index is -3.83. The van der Waals surface area contributed by atoms with Gasteiger partial charge in [0, 0.05) is 18.7 Å². The summed E-state index contributed by atoms with van der Waals surface area (Å²) in [5, 5.41) is 0.264. The van der Waals surface area contributed by atoms with E-state index in [1.807, 2.05) is 24.3 Å². The third kappa shape index (κ3) is 5.53. The van der Waals surface area contributed by atoms with Crippen molar-refractivity contribution in [2.24, 2.45) is 0 Å². The van der Waals surface area contributed by atoms with Crippen LogP contribution in [0.25, 0.3) is 0 Å². The van der Waals surface area contributed by atoms with E-state index in [1.165, 1.54) is 31.9 Å². The molecule has 0 spiro atoms. The standard InChI is InChI=1S/C20H26ClNO5S/c1-20(2,3)14-6-8-15(9-7-14)27-11-10-22-28(23,24)19-13-17(25-4)16(21)12-18(19)26-5/h6-9,12-13,22H,10-11H2,1-5H3. The van der Waals surface area contributed by atoms with Crippen molar-refractivity contribution in [3.05, 3.63) is 47.0 Å². The van der Waals surface area contributed by atoms with Gasteiger partial charge in [-0.2, -0.15) is 0 Å². The third-order valence-corrected chi connectivity index (χ3v) is 5.89. The summed E-state index contributed by atoms with van der Waals surface area (Å²) in [5.74, 6) is 1.06. The summed E-state index contributed by atoms with van der Waals surface area (Å²) in [4.78, 5) is -0.0502. The van der Waals surface area contributed by atoms with Crippen LogP contribution in [0.15, 0.2) is 41.3 Å². The van der Waals surface area contributed by atoms with Crippen molar-refractivity contribution in [2.75, 3.05) is 27.4 Å². The molecule has 0 radical (unpaired) electrons. The normalized spacial score (nSPS) is 11.9. The van der Waals surface area contributed by atoms with Crippen LogP contribution < -0.4 is 18.9 Å². The summed E-state index contributed by atoms with van der Waals surface area (Å²) < 4.78 is 43.6. The molecule has 6 nitrogen and oxygen atoms in total. The van der Waals surface area contributed by atoms with Crippen LogP contribution >= 0.6 is 11.6 Å². The lowest BCUT2D eigenvalue weighted by molar-refractivity contribution is 0.322. The van der Waals surface area contributed by atoms with Gasteiger partial charge in [-0.05, 0) is 23.1 Å². The molecule has 0 aromatic heterocycles. The number of hydrogen-bond acceptors (Lipinski definition) is 5. The zero-order valence-corrected chi connectivity index (χ0v) is 18.3. The highest BCUT2D eigenvalue weighted by Crippen LogP contribution is 2.34. The van der Waals surface area contributed by atoms with Crippen LogP contribution in [0.2, 0.25) is 5.02 Å². The zero-order chi connectivity index (χ0) is 20.9. The molecule has 0 aliphatic heterocycles. The van der Waals surface area contributed by atoms with E-state index in [2.05, 4.69) is 25.5 Å². The molecule has 0 bridgehead atoms. The van der Waals surface area contributed by atoms with E-state index in [0.717, 1.165) is 0 Å². The minimum absolute atomic E-state index is 0.0502. The second-order valence-electron chi connectivity index (χ2n) is 7.16. The average Bonchev–Trinajstić information content (AvgIpc) is 2.64. The first kappa shape index (κ1) is 22.3. The molecule has 0 aliphatic carbocycles. The first-order valence-electron chi connectivity index (χ1n) is 8.73. The summed E-state index contributed by atoms with van der Waals surface area (Å²) in [7, 11) is -1.04. The molecule has 0 saturated heterocycles. The van der Waals surface area contributed by atoms with E-state index in [4.69, 9.17) is 25.8 Å². The summed E-state index contributed by atoms with van der Waals surface area (Å²) in [6.45, 7) is 6.69. The number of sulfonamides is 1. The highest BCUT2D eigenvalue weighted by atomic mass is 35.5. The molecule has 2 rings (SSSR count). The van der Waals surface area contributed by atoms with E-state index in [1.54, 1.807) is 0 Å². The fourth-order valence-electron chi connectivity index (χ4n) is 2.52. The fourth-order valence-corrected chi connectivity index (χ4v) is 3.92. The fraction of sp³-hybridized carbons (Fsp3) is 0.400. The average molecular weight is 428 g/mol. The van der Waals surface area contributed by atoms with Crippen LogP contribution in [0.5, 0.6) is 17.2 Å². The number of ether oxygens (including phenoxy) is 3. The van der Waals surface area contributed by atoms with Gasteiger partial charge in [0.2, 0.25) is 10.0 Å². The summed E-state index contributed by atoms with van der Waals surface area (Å²) in [6.07, 6.45) is 0. The van der Waals surface area contributed by atoms with Gasteiger partial charge in [-0.1, -0.05) is 44.5 Å². The van der Waals surface area contributed by atoms with E-state index in [0.29, 0.717) is 5.75 Å². The van der Waals surface area contributed by atoms with Crippen molar-refractivity contribution in [2.45, 2.75) is 31.1 Å². The first-order valence-corrected chi connectivity index (χ1v) is 10.6. The third-order valence-electron chi connectivity index (χ3n) is 4.11. The molecule has 0 fully saturated rings. The van der Waals surface area contributed by atoms with Crippen LogP contribution in [0.1, 0.15) is 26.3 Å². The van der Waals surface area contributed by atoms with Gasteiger partial charge in [0.25, 0.3) is 0 Å². The monoisotopic (exact) mass is 427 g/mol. The predicted octanol–water partition coefficient (Wildman–Crippen LogP) is 4.01. The van der Waals surface area contributed by atoms with Crippen LogP contribution in [0.4, 0.5) is 0 Å². The Bertz CT molecular complexity index is 905. The molecule has 28 heavy (non-hydrogen) atoms. The second kappa shape index (κ2) is 9.03. The lowest BCUT2D eigenvalue weighted by Crippen LogP contribution is -2.28. The maximum absolute atomic E-state index is 12.6. The van der Waals surface area contributed by atoms with Crippen LogP contribution in [-0.4, -0.2) is 35.8 Å². The second-order valence-corrected chi connectivity index (χ2v) is 9.30. The lowest BCUT2D eigenvalue weighted by atomic mass is 9.87. The molecule has 0 amide bonds. The predicted molar refractivity (Wildman–Crippen MR) is 110 cm³/mol. The van der Waals surface area contributed by atoms with Gasteiger partial charge in [-0.3, -0.25) is 0 Å². The van der Waals surface area contributed by atoms with E-state index in [9.17, 15) is 8.42 Å². The molecule has 0 heterocycles. The maximum Gasteiger partial charge on any atom is 0.244 e. The van der Waals surface area contributed by atoms with Crippen molar-refractivity contribution in [3.63, 3.8) is 0 Å². The topological polar surface area (TPSA) is 73.9 Å². The first-order chi connectivity index (χ1) is 13.1. The van der Waals surface area contributed by atoms with E-state index < -0.39 is 10.0 Å². The molecule has 0 saturated carbocycles. The molecule has 154 valence electrons. The molecule has 0 atom stereocenters. The maximum atomic E-state index is 12.6. The van der Waals surface area contributed by atoms with Crippen molar-refractivity contribution < 1.29 is 22.6 Å². The molecule has 1 N–H and O–H groups in total. The summed E-state index contributed by atoms with van der Waals surface area (Å²) in [6, 6.07) is 10.5. The van der Waals surface area contributed by atoms with Gasteiger partial charge in [0.1, 0.15) is 28.8 Å². The highest BCUT2D eigenvalue weighted by molar-refractivity contribution is 7.89. The molecule has 2 aromatic carbocycles. The number of methoxy groups -OCH3 is 2. The molecule has 0 aliphatic rings. The Labute approximate surface area is 171 Å². The van der Waals surface area contributed by atoms with Crippen LogP contribution in [0.3, 0.4) is 0 Å². The number of hydrogen-bond donors (Lipinski definition) is 1. The number of rotatable bonds is 8. The van der Waals surface area contributed by atoms with E-state index in [-0.39, 0.29) is 40.0 Å². The number of halogens is 1. The van der Waals surface area contributed by atoms with Gasteiger partial charge < -0.3 is 14.2 Å². The molecule has 0 unspecified atom stereocenters. The number of benzene rings is 2. The van der Waals surface area contributed by atoms with Gasteiger partial charge in [-0.25, -0.2) is 13.1 Å². The Morgan fingerprint density at radius 1 is 1.00 bits per heavy atom. The Hall–Kier alpha value is -1.96. The van der Waals surface area contributed by atoms with Crippen molar-refractivity contribution in [3.8, 4) is 17.2 Å². The Morgan fingerprint density at radius 3 is 2.14 bits per heavy atom. The summed E-state index contributed by atoms with van der Waals surface area (Å²) in [5.41, 5.74) is 1.26. The van der Waals surface area contributed by atoms with Crippen molar-refractivity contribution in [1.82, 2.24) is 4.72 Å². The highest BCUT2D eigenvalue weighted by Gasteiger charge is 2.22. The number of nitrogens with one attached hydrogen (secondary N) is 1. The molecule has 8 heteroatoms. The van der Waals surface area contributed by atoms with E-state index >= 15 is 0 Å². The SMILES string of the molecule is COc1cc(S(=O)(=O)NCCOc2ccc(C(C)(C)C)cc2)c(OC)cc1Cl. The Kier molecular flexibility index (Phi) is 7.20. The Morgan fingerprint density at radius 2 is 1.61 bits per heavy atom. The summed E-state index contributed by atoms with van der Waals surface area (Å²) >= 11 is 6.02. The van der Waals surface area contributed by atoms with Gasteiger partial charge in [0.15, 0.2) is 0 Å². The van der Waals surface area contributed by atoms with Gasteiger partial charge in [0.05, 0.1) is 19.2 Å². The zero-order valence-electron chi connectivity index (χ0n) is 16.7. The molecular formula is C20H26ClNO5S.